The highest BCUT2D eigenvalue weighted by molar-refractivity contribution is 5.77. The zero-order valence-corrected chi connectivity index (χ0v) is 11.1. The van der Waals surface area contributed by atoms with Crippen LogP contribution in [0.25, 0.3) is 0 Å². The van der Waals surface area contributed by atoms with Gasteiger partial charge in [0.25, 0.3) is 0 Å². The number of hydrogen-bond acceptors (Lipinski definition) is 2. The van der Waals surface area contributed by atoms with Gasteiger partial charge in [0.2, 0.25) is 5.91 Å². The van der Waals surface area contributed by atoms with E-state index >= 15 is 0 Å². The Kier molecular flexibility index (Phi) is 3.22. The van der Waals surface area contributed by atoms with Gasteiger partial charge in [0.1, 0.15) is 0 Å². The van der Waals surface area contributed by atoms with Crippen LogP contribution in [0.5, 0.6) is 0 Å². The number of carbonyl (C=O) groups excluding carboxylic acids is 1. The maximum atomic E-state index is 12.0. The van der Waals surface area contributed by atoms with Gasteiger partial charge in [-0.25, -0.2) is 0 Å². The monoisotopic (exact) mass is 235 g/mol. The Morgan fingerprint density at radius 1 is 1.35 bits per heavy atom. The van der Waals surface area contributed by atoms with Gasteiger partial charge in [-0.05, 0) is 11.8 Å². The number of H-pyrrole nitrogens is 1. The van der Waals surface area contributed by atoms with Crippen molar-refractivity contribution >= 4 is 5.91 Å². The summed E-state index contributed by atoms with van der Waals surface area (Å²) >= 11 is 0. The van der Waals surface area contributed by atoms with Crippen LogP contribution in [0.15, 0.2) is 0 Å². The molecule has 0 fully saturated rings. The van der Waals surface area contributed by atoms with Gasteiger partial charge in [-0.1, -0.05) is 27.7 Å². The van der Waals surface area contributed by atoms with Crippen LogP contribution in [0.4, 0.5) is 0 Å². The molecule has 0 spiro atoms. The predicted molar refractivity (Wildman–Crippen MR) is 66.4 cm³/mol. The van der Waals surface area contributed by atoms with Gasteiger partial charge >= 0.3 is 0 Å². The first kappa shape index (κ1) is 12.1. The minimum absolute atomic E-state index is 0.249. The van der Waals surface area contributed by atoms with Crippen LogP contribution in [0.2, 0.25) is 0 Å². The molecule has 0 bridgehead atoms. The number of rotatable bonds is 3. The molecule has 0 saturated carbocycles. The summed E-state index contributed by atoms with van der Waals surface area (Å²) in [4.78, 5) is 13.9. The minimum Gasteiger partial charge on any atom is -0.332 e. The van der Waals surface area contributed by atoms with Gasteiger partial charge in [0.15, 0.2) is 0 Å². The smallest absolute Gasteiger partial charge is 0.223 e. The summed E-state index contributed by atoms with van der Waals surface area (Å²) in [5.74, 6) is 1.08. The third kappa shape index (κ3) is 2.35. The van der Waals surface area contributed by atoms with Crippen molar-refractivity contribution in [2.75, 3.05) is 0 Å². The van der Waals surface area contributed by atoms with Gasteiger partial charge in [-0.2, -0.15) is 5.10 Å². The van der Waals surface area contributed by atoms with Crippen molar-refractivity contribution in [1.29, 1.82) is 0 Å². The molecule has 2 heterocycles. The van der Waals surface area contributed by atoms with Crippen LogP contribution in [0.1, 0.15) is 57.0 Å². The summed E-state index contributed by atoms with van der Waals surface area (Å²) in [5, 5.41) is 7.39. The van der Waals surface area contributed by atoms with E-state index in [-0.39, 0.29) is 5.91 Å². The molecule has 1 aromatic rings. The first-order chi connectivity index (χ1) is 7.99. The lowest BCUT2D eigenvalue weighted by atomic mass is 10.1. The van der Waals surface area contributed by atoms with Crippen LogP contribution >= 0.6 is 0 Å². The maximum Gasteiger partial charge on any atom is 0.223 e. The summed E-state index contributed by atoms with van der Waals surface area (Å²) in [6.45, 7) is 9.85. The fraction of sp³-hybridized carbons (Fsp3) is 0.692. The van der Waals surface area contributed by atoms with Crippen molar-refractivity contribution in [3.8, 4) is 0 Å². The molecule has 1 amide bonds. The molecule has 1 N–H and O–H groups in total. The summed E-state index contributed by atoms with van der Waals surface area (Å²) in [7, 11) is 0. The molecule has 0 radical (unpaired) electrons. The second-order valence-corrected chi connectivity index (χ2v) is 5.57. The molecule has 0 saturated heterocycles. The molecule has 0 aromatic carbocycles. The average molecular weight is 235 g/mol. The molecule has 2 rings (SSSR count). The number of hydrogen-bond donors (Lipinski definition) is 1. The van der Waals surface area contributed by atoms with Crippen LogP contribution in [0, 0.1) is 5.92 Å². The molecule has 94 valence electrons. The Bertz CT molecular complexity index is 420. The highest BCUT2D eigenvalue weighted by atomic mass is 16.2. The Morgan fingerprint density at radius 3 is 2.65 bits per heavy atom. The largest absolute Gasteiger partial charge is 0.332 e. The fourth-order valence-electron chi connectivity index (χ4n) is 2.29. The van der Waals surface area contributed by atoms with E-state index in [4.69, 9.17) is 0 Å². The Morgan fingerprint density at radius 2 is 2.06 bits per heavy atom. The molecule has 4 heteroatoms. The van der Waals surface area contributed by atoms with E-state index in [9.17, 15) is 4.79 Å². The quantitative estimate of drug-likeness (QED) is 0.874. The van der Waals surface area contributed by atoms with Crippen molar-refractivity contribution in [3.63, 3.8) is 0 Å². The Labute approximate surface area is 102 Å². The third-order valence-electron chi connectivity index (χ3n) is 3.17. The normalized spacial score (nSPS) is 14.8. The van der Waals surface area contributed by atoms with Crippen molar-refractivity contribution in [1.82, 2.24) is 15.1 Å². The van der Waals surface area contributed by atoms with Crippen LogP contribution in [0.3, 0.4) is 0 Å². The number of fused-ring (bicyclic) bond motifs is 1. The molecule has 1 aromatic heterocycles. The lowest BCUT2D eigenvalue weighted by Gasteiger charge is -2.17. The molecular weight excluding hydrogens is 214 g/mol. The summed E-state index contributed by atoms with van der Waals surface area (Å²) in [6, 6.07) is 0. The predicted octanol–water partition coefficient (Wildman–Crippen LogP) is 2.42. The zero-order valence-electron chi connectivity index (χ0n) is 11.1. The molecule has 17 heavy (non-hydrogen) atoms. The molecule has 4 nitrogen and oxygen atoms in total. The second-order valence-electron chi connectivity index (χ2n) is 5.57. The third-order valence-corrected chi connectivity index (χ3v) is 3.17. The standard InChI is InChI=1S/C13H21N3O/c1-8(2)5-12(17)16-6-10-11(7-16)14-15-13(10)9(3)4/h8-9H,5-7H2,1-4H3,(H,14,15). The van der Waals surface area contributed by atoms with E-state index < -0.39 is 0 Å². The van der Waals surface area contributed by atoms with E-state index in [1.807, 2.05) is 4.90 Å². The van der Waals surface area contributed by atoms with Gasteiger partial charge in [-0.3, -0.25) is 9.89 Å². The molecule has 0 unspecified atom stereocenters. The first-order valence-electron chi connectivity index (χ1n) is 6.32. The first-order valence-corrected chi connectivity index (χ1v) is 6.32. The van der Waals surface area contributed by atoms with Crippen LogP contribution < -0.4 is 0 Å². The number of amides is 1. The lowest BCUT2D eigenvalue weighted by Crippen LogP contribution is -2.26. The number of nitrogens with one attached hydrogen (secondary N) is 1. The van der Waals surface area contributed by atoms with Gasteiger partial charge in [-0.15, -0.1) is 0 Å². The molecule has 1 aliphatic rings. The SMILES string of the molecule is CC(C)CC(=O)N1Cc2[nH]nc(C(C)C)c2C1. The van der Waals surface area contributed by atoms with Gasteiger partial charge in [0, 0.05) is 18.5 Å². The van der Waals surface area contributed by atoms with Crippen molar-refractivity contribution < 1.29 is 4.79 Å². The van der Waals surface area contributed by atoms with Crippen molar-refractivity contribution in [3.05, 3.63) is 17.0 Å². The lowest BCUT2D eigenvalue weighted by molar-refractivity contribution is -0.132. The second kappa shape index (κ2) is 4.51. The van der Waals surface area contributed by atoms with E-state index in [0.717, 1.165) is 17.9 Å². The van der Waals surface area contributed by atoms with Crippen molar-refractivity contribution in [2.24, 2.45) is 5.92 Å². The highest BCUT2D eigenvalue weighted by Crippen LogP contribution is 2.28. The Balaban J connectivity index is 2.09. The molecule has 1 aliphatic heterocycles. The topological polar surface area (TPSA) is 49.0 Å². The average Bonchev–Trinajstić information content (AvgIpc) is 2.72. The zero-order chi connectivity index (χ0) is 12.6. The maximum absolute atomic E-state index is 12.0. The van der Waals surface area contributed by atoms with Gasteiger partial charge in [0.05, 0.1) is 17.9 Å². The minimum atomic E-state index is 0.249. The fourth-order valence-corrected chi connectivity index (χ4v) is 2.29. The summed E-state index contributed by atoms with van der Waals surface area (Å²) in [6.07, 6.45) is 0.634. The Hall–Kier alpha value is -1.32. The van der Waals surface area contributed by atoms with E-state index in [0.29, 0.717) is 24.8 Å². The number of carbonyl (C=O) groups is 1. The molecule has 0 atom stereocenters. The molecular formula is C13H21N3O. The van der Waals surface area contributed by atoms with E-state index in [1.165, 1.54) is 5.56 Å². The van der Waals surface area contributed by atoms with E-state index in [2.05, 4.69) is 37.9 Å². The summed E-state index contributed by atoms with van der Waals surface area (Å²) in [5.41, 5.74) is 3.46. The molecule has 0 aliphatic carbocycles. The summed E-state index contributed by atoms with van der Waals surface area (Å²) < 4.78 is 0. The number of aromatic amines is 1. The van der Waals surface area contributed by atoms with Crippen LogP contribution in [-0.2, 0) is 17.9 Å². The highest BCUT2D eigenvalue weighted by Gasteiger charge is 2.28. The number of nitrogens with zero attached hydrogens (tertiary/aromatic N) is 2. The number of aromatic nitrogens is 2. The van der Waals surface area contributed by atoms with Crippen molar-refractivity contribution in [2.45, 2.75) is 53.1 Å². The van der Waals surface area contributed by atoms with E-state index in [1.54, 1.807) is 0 Å². The van der Waals surface area contributed by atoms with Crippen LogP contribution in [-0.4, -0.2) is 21.0 Å². The van der Waals surface area contributed by atoms with Gasteiger partial charge < -0.3 is 4.90 Å².